The Balaban J connectivity index is 1.42. The van der Waals surface area contributed by atoms with E-state index in [-0.39, 0.29) is 11.9 Å². The van der Waals surface area contributed by atoms with Gasteiger partial charge in [-0.3, -0.25) is 14.7 Å². The summed E-state index contributed by atoms with van der Waals surface area (Å²) in [7, 11) is 0. The number of amides is 1. The standard InChI is InChI=1S/C16H24N4O2/c21-16(11-15-13-22-10-5-18-15)20-8-6-19(7-9-20)12-14-3-1-2-4-17-14/h1-4,15,18H,5-13H2/t15-/m0/s1. The summed E-state index contributed by atoms with van der Waals surface area (Å²) in [6.45, 7) is 6.53. The molecule has 1 amide bonds. The number of carbonyl (C=O) groups is 1. The molecule has 1 aromatic heterocycles. The molecular weight excluding hydrogens is 280 g/mol. The van der Waals surface area contributed by atoms with Gasteiger partial charge in [0.25, 0.3) is 0 Å². The maximum absolute atomic E-state index is 12.3. The summed E-state index contributed by atoms with van der Waals surface area (Å²) < 4.78 is 5.41. The van der Waals surface area contributed by atoms with Gasteiger partial charge in [-0.15, -0.1) is 0 Å². The van der Waals surface area contributed by atoms with Crippen molar-refractivity contribution in [3.05, 3.63) is 30.1 Å². The maximum atomic E-state index is 12.3. The van der Waals surface area contributed by atoms with Gasteiger partial charge in [0.15, 0.2) is 0 Å². The van der Waals surface area contributed by atoms with Crippen molar-refractivity contribution >= 4 is 5.91 Å². The average Bonchev–Trinajstić information content (AvgIpc) is 2.57. The van der Waals surface area contributed by atoms with Crippen LogP contribution in [0, 0.1) is 0 Å². The van der Waals surface area contributed by atoms with E-state index < -0.39 is 0 Å². The number of pyridine rings is 1. The molecular formula is C16H24N4O2. The molecule has 0 aromatic carbocycles. The Labute approximate surface area is 131 Å². The fraction of sp³-hybridized carbons (Fsp3) is 0.625. The Morgan fingerprint density at radius 2 is 2.18 bits per heavy atom. The Bertz CT molecular complexity index is 468. The summed E-state index contributed by atoms with van der Waals surface area (Å²) in [6, 6.07) is 6.17. The molecule has 1 atom stereocenters. The van der Waals surface area contributed by atoms with E-state index in [2.05, 4.69) is 15.2 Å². The van der Waals surface area contributed by atoms with E-state index in [0.29, 0.717) is 13.0 Å². The molecule has 2 aliphatic heterocycles. The molecule has 1 N–H and O–H groups in total. The van der Waals surface area contributed by atoms with Gasteiger partial charge < -0.3 is 15.0 Å². The van der Waals surface area contributed by atoms with Crippen molar-refractivity contribution in [2.24, 2.45) is 0 Å². The van der Waals surface area contributed by atoms with Crippen LogP contribution in [0.25, 0.3) is 0 Å². The van der Waals surface area contributed by atoms with Crippen LogP contribution in [0.1, 0.15) is 12.1 Å². The van der Waals surface area contributed by atoms with Gasteiger partial charge in [0, 0.05) is 57.9 Å². The minimum atomic E-state index is 0.174. The van der Waals surface area contributed by atoms with E-state index in [0.717, 1.165) is 51.6 Å². The molecule has 0 aliphatic carbocycles. The predicted octanol–water partition coefficient (Wildman–Crippen LogP) is 0.104. The molecule has 6 heteroatoms. The van der Waals surface area contributed by atoms with Crippen LogP contribution in [-0.4, -0.2) is 72.7 Å². The van der Waals surface area contributed by atoms with E-state index in [1.54, 1.807) is 0 Å². The number of aromatic nitrogens is 1. The summed E-state index contributed by atoms with van der Waals surface area (Å²) in [6.07, 6.45) is 2.37. The monoisotopic (exact) mass is 304 g/mol. The number of hydrogen-bond donors (Lipinski definition) is 1. The molecule has 2 saturated heterocycles. The molecule has 120 valence electrons. The first kappa shape index (κ1) is 15.4. The molecule has 2 aliphatic rings. The molecule has 22 heavy (non-hydrogen) atoms. The molecule has 3 rings (SSSR count). The van der Waals surface area contributed by atoms with Crippen molar-refractivity contribution < 1.29 is 9.53 Å². The lowest BCUT2D eigenvalue weighted by molar-refractivity contribution is -0.134. The van der Waals surface area contributed by atoms with Gasteiger partial charge in [-0.2, -0.15) is 0 Å². The van der Waals surface area contributed by atoms with Crippen LogP contribution >= 0.6 is 0 Å². The summed E-state index contributed by atoms with van der Waals surface area (Å²) in [5.41, 5.74) is 1.09. The Morgan fingerprint density at radius 1 is 1.32 bits per heavy atom. The molecule has 2 fully saturated rings. The molecule has 0 saturated carbocycles. The normalized spacial score (nSPS) is 23.5. The van der Waals surface area contributed by atoms with Crippen LogP contribution in [0.4, 0.5) is 0 Å². The molecule has 1 aromatic rings. The quantitative estimate of drug-likeness (QED) is 0.855. The zero-order valence-corrected chi connectivity index (χ0v) is 12.9. The number of hydrogen-bond acceptors (Lipinski definition) is 5. The van der Waals surface area contributed by atoms with Crippen LogP contribution in [-0.2, 0) is 16.1 Å². The highest BCUT2D eigenvalue weighted by molar-refractivity contribution is 5.77. The van der Waals surface area contributed by atoms with Crippen molar-refractivity contribution in [3.63, 3.8) is 0 Å². The van der Waals surface area contributed by atoms with E-state index in [1.807, 2.05) is 29.3 Å². The van der Waals surface area contributed by atoms with Crippen molar-refractivity contribution in [2.45, 2.75) is 19.0 Å². The van der Waals surface area contributed by atoms with Gasteiger partial charge in [0.2, 0.25) is 5.91 Å². The summed E-state index contributed by atoms with van der Waals surface area (Å²) in [4.78, 5) is 21.0. The van der Waals surface area contributed by atoms with Crippen molar-refractivity contribution in [2.75, 3.05) is 45.9 Å². The lowest BCUT2D eigenvalue weighted by atomic mass is 10.1. The van der Waals surface area contributed by atoms with E-state index >= 15 is 0 Å². The Morgan fingerprint density at radius 3 is 2.86 bits per heavy atom. The third-order valence-corrected chi connectivity index (χ3v) is 4.26. The van der Waals surface area contributed by atoms with Gasteiger partial charge in [-0.1, -0.05) is 6.07 Å². The lowest BCUT2D eigenvalue weighted by Crippen LogP contribution is -2.51. The van der Waals surface area contributed by atoms with E-state index in [9.17, 15) is 4.79 Å². The van der Waals surface area contributed by atoms with Crippen LogP contribution in [0.3, 0.4) is 0 Å². The van der Waals surface area contributed by atoms with Gasteiger partial charge in [0.05, 0.1) is 18.9 Å². The molecule has 0 bridgehead atoms. The number of nitrogens with one attached hydrogen (secondary N) is 1. The zero-order valence-electron chi connectivity index (χ0n) is 12.9. The highest BCUT2D eigenvalue weighted by Crippen LogP contribution is 2.09. The molecule has 6 nitrogen and oxygen atoms in total. The Hall–Kier alpha value is -1.50. The summed E-state index contributed by atoms with van der Waals surface area (Å²) >= 11 is 0. The predicted molar refractivity (Wildman–Crippen MR) is 83.3 cm³/mol. The second-order valence-corrected chi connectivity index (χ2v) is 5.91. The van der Waals surface area contributed by atoms with E-state index in [1.165, 1.54) is 0 Å². The minimum Gasteiger partial charge on any atom is -0.378 e. The number of carbonyl (C=O) groups excluding carboxylic acids is 1. The van der Waals surface area contributed by atoms with Gasteiger partial charge in [0.1, 0.15) is 0 Å². The first-order valence-electron chi connectivity index (χ1n) is 8.02. The zero-order chi connectivity index (χ0) is 15.2. The first-order chi connectivity index (χ1) is 10.8. The minimum absolute atomic E-state index is 0.174. The molecule has 0 radical (unpaired) electrons. The highest BCUT2D eigenvalue weighted by Gasteiger charge is 2.24. The number of ether oxygens (including phenoxy) is 1. The summed E-state index contributed by atoms with van der Waals surface area (Å²) in [5, 5.41) is 3.34. The van der Waals surface area contributed by atoms with Gasteiger partial charge in [-0.05, 0) is 12.1 Å². The highest BCUT2D eigenvalue weighted by atomic mass is 16.5. The largest absolute Gasteiger partial charge is 0.378 e. The second-order valence-electron chi connectivity index (χ2n) is 5.91. The number of rotatable bonds is 4. The van der Waals surface area contributed by atoms with Crippen molar-refractivity contribution in [3.8, 4) is 0 Å². The second kappa shape index (κ2) is 7.67. The van der Waals surface area contributed by atoms with Crippen LogP contribution in [0.2, 0.25) is 0 Å². The maximum Gasteiger partial charge on any atom is 0.224 e. The van der Waals surface area contributed by atoms with Crippen molar-refractivity contribution in [1.82, 2.24) is 20.1 Å². The molecule has 0 unspecified atom stereocenters. The first-order valence-corrected chi connectivity index (χ1v) is 8.02. The van der Waals surface area contributed by atoms with Crippen LogP contribution in [0.15, 0.2) is 24.4 Å². The fourth-order valence-electron chi connectivity index (χ4n) is 2.97. The molecule has 0 spiro atoms. The van der Waals surface area contributed by atoms with Crippen LogP contribution < -0.4 is 5.32 Å². The van der Waals surface area contributed by atoms with Crippen molar-refractivity contribution in [1.29, 1.82) is 0 Å². The fourth-order valence-corrected chi connectivity index (χ4v) is 2.97. The molecule has 3 heterocycles. The summed E-state index contributed by atoms with van der Waals surface area (Å²) in [5.74, 6) is 0.237. The van der Waals surface area contributed by atoms with Crippen LogP contribution in [0.5, 0.6) is 0 Å². The number of morpholine rings is 1. The number of nitrogens with zero attached hydrogens (tertiary/aromatic N) is 3. The van der Waals surface area contributed by atoms with Gasteiger partial charge >= 0.3 is 0 Å². The van der Waals surface area contributed by atoms with Gasteiger partial charge in [-0.25, -0.2) is 0 Å². The number of piperazine rings is 1. The van der Waals surface area contributed by atoms with E-state index in [4.69, 9.17) is 4.74 Å². The average molecular weight is 304 g/mol. The lowest BCUT2D eigenvalue weighted by Gasteiger charge is -2.35. The third-order valence-electron chi connectivity index (χ3n) is 4.26. The topological polar surface area (TPSA) is 57.7 Å². The SMILES string of the molecule is O=C(C[C@H]1COCCN1)N1CCN(Cc2ccccn2)CC1. The smallest absolute Gasteiger partial charge is 0.224 e. The Kier molecular flexibility index (Phi) is 5.37. The third kappa shape index (κ3) is 4.25.